The van der Waals surface area contributed by atoms with Crippen molar-refractivity contribution < 1.29 is 9.90 Å². The van der Waals surface area contributed by atoms with Crippen LogP contribution in [-0.4, -0.2) is 39.0 Å². The fourth-order valence-corrected chi connectivity index (χ4v) is 2.84. The van der Waals surface area contributed by atoms with Crippen LogP contribution in [0, 0.1) is 0 Å². The van der Waals surface area contributed by atoms with Gasteiger partial charge in [0.05, 0.1) is 17.6 Å². The molecule has 0 radical (unpaired) electrons. The van der Waals surface area contributed by atoms with E-state index in [0.717, 1.165) is 16.6 Å². The van der Waals surface area contributed by atoms with Crippen LogP contribution in [0.3, 0.4) is 0 Å². The highest BCUT2D eigenvalue weighted by Crippen LogP contribution is 2.14. The number of hydrogen-bond donors (Lipinski definition) is 2. The second-order valence-corrected chi connectivity index (χ2v) is 5.46. The minimum Gasteiger partial charge on any atom is -0.395 e. The van der Waals surface area contributed by atoms with Gasteiger partial charge in [0.15, 0.2) is 5.82 Å². The Morgan fingerprint density at radius 3 is 2.90 bits per heavy atom. The van der Waals surface area contributed by atoms with E-state index in [2.05, 4.69) is 9.97 Å². The van der Waals surface area contributed by atoms with Gasteiger partial charge in [-0.05, 0) is 34.5 Å². The summed E-state index contributed by atoms with van der Waals surface area (Å²) in [6.07, 6.45) is 0. The summed E-state index contributed by atoms with van der Waals surface area (Å²) in [6, 6.07) is 9.49. The fourth-order valence-electron chi connectivity index (χ4n) is 2.18. The molecule has 3 rings (SSSR count). The van der Waals surface area contributed by atoms with E-state index in [9.17, 15) is 9.90 Å². The van der Waals surface area contributed by atoms with Crippen molar-refractivity contribution in [3.05, 3.63) is 52.5 Å². The van der Waals surface area contributed by atoms with Crippen molar-refractivity contribution >= 4 is 28.3 Å². The number of H-pyrrole nitrogens is 1. The molecule has 0 spiro atoms. The van der Waals surface area contributed by atoms with Crippen LogP contribution >= 0.6 is 11.3 Å². The first-order valence-electron chi connectivity index (χ1n) is 6.64. The molecule has 6 heteroatoms. The van der Waals surface area contributed by atoms with E-state index in [-0.39, 0.29) is 19.1 Å². The maximum absolute atomic E-state index is 12.6. The predicted molar refractivity (Wildman–Crippen MR) is 82.2 cm³/mol. The van der Waals surface area contributed by atoms with Gasteiger partial charge in [0.25, 0.3) is 5.91 Å². The van der Waals surface area contributed by atoms with Gasteiger partial charge in [-0.3, -0.25) is 4.79 Å². The molecule has 0 saturated heterocycles. The Hall–Kier alpha value is -2.18. The molecule has 5 nitrogen and oxygen atoms in total. The van der Waals surface area contributed by atoms with Crippen molar-refractivity contribution in [2.24, 2.45) is 0 Å². The van der Waals surface area contributed by atoms with E-state index in [0.29, 0.717) is 12.4 Å². The molecule has 3 aromatic rings. The van der Waals surface area contributed by atoms with Crippen molar-refractivity contribution in [3.8, 4) is 0 Å². The van der Waals surface area contributed by atoms with Gasteiger partial charge in [-0.25, -0.2) is 4.98 Å². The number of rotatable bonds is 5. The first-order chi connectivity index (χ1) is 10.3. The number of hydrogen-bond acceptors (Lipinski definition) is 4. The lowest BCUT2D eigenvalue weighted by Crippen LogP contribution is -2.33. The zero-order chi connectivity index (χ0) is 14.7. The summed E-state index contributed by atoms with van der Waals surface area (Å²) < 4.78 is 0. The van der Waals surface area contributed by atoms with Crippen molar-refractivity contribution in [2.45, 2.75) is 6.54 Å². The molecule has 0 saturated carbocycles. The van der Waals surface area contributed by atoms with Gasteiger partial charge in [0.1, 0.15) is 0 Å². The molecule has 0 aliphatic carbocycles. The van der Waals surface area contributed by atoms with Crippen LogP contribution in [0.1, 0.15) is 16.2 Å². The van der Waals surface area contributed by atoms with Crippen molar-refractivity contribution in [1.82, 2.24) is 14.9 Å². The fraction of sp³-hybridized carbons (Fsp3) is 0.200. The standard InChI is InChI=1S/C15H15N3O2S/c19-7-6-18(9-11-5-8-21-10-11)15(20)14-16-12-3-1-2-4-13(12)17-14/h1-5,8,10,19H,6-7,9H2,(H,16,17). The molecule has 0 aliphatic rings. The molecule has 1 aromatic carbocycles. The summed E-state index contributed by atoms with van der Waals surface area (Å²) in [5, 5.41) is 13.1. The zero-order valence-electron chi connectivity index (χ0n) is 11.3. The SMILES string of the molecule is O=C(c1nc2ccccc2[nH]1)N(CCO)Cc1ccsc1. The molecule has 0 aliphatic heterocycles. The zero-order valence-corrected chi connectivity index (χ0v) is 12.1. The third kappa shape index (κ3) is 2.96. The number of thiophene rings is 1. The lowest BCUT2D eigenvalue weighted by molar-refractivity contribution is 0.0697. The Morgan fingerprint density at radius 2 is 2.19 bits per heavy atom. The molecule has 21 heavy (non-hydrogen) atoms. The Labute approximate surface area is 125 Å². The number of nitrogens with zero attached hydrogens (tertiary/aromatic N) is 2. The third-order valence-electron chi connectivity index (χ3n) is 3.20. The van der Waals surface area contributed by atoms with Crippen molar-refractivity contribution in [1.29, 1.82) is 0 Å². The molecule has 0 fully saturated rings. The second kappa shape index (κ2) is 6.07. The maximum Gasteiger partial charge on any atom is 0.290 e. The topological polar surface area (TPSA) is 69.2 Å². The minimum absolute atomic E-state index is 0.0733. The van der Waals surface area contributed by atoms with Gasteiger partial charge in [0.2, 0.25) is 0 Å². The van der Waals surface area contributed by atoms with Crippen molar-refractivity contribution in [2.75, 3.05) is 13.2 Å². The molecule has 0 atom stereocenters. The summed E-state index contributed by atoms with van der Waals surface area (Å²) in [6.45, 7) is 0.682. The number of amides is 1. The highest BCUT2D eigenvalue weighted by molar-refractivity contribution is 7.07. The number of nitrogens with one attached hydrogen (secondary N) is 1. The first kappa shape index (κ1) is 13.8. The average molecular weight is 301 g/mol. The molecule has 2 heterocycles. The smallest absolute Gasteiger partial charge is 0.290 e. The van der Waals surface area contributed by atoms with Gasteiger partial charge in [-0.2, -0.15) is 11.3 Å². The van der Waals surface area contributed by atoms with Crippen LogP contribution in [-0.2, 0) is 6.54 Å². The summed E-state index contributed by atoms with van der Waals surface area (Å²) in [5.74, 6) is 0.103. The Balaban J connectivity index is 1.85. The molecule has 1 amide bonds. The Morgan fingerprint density at radius 1 is 1.33 bits per heavy atom. The quantitative estimate of drug-likeness (QED) is 0.759. The van der Waals surface area contributed by atoms with Gasteiger partial charge < -0.3 is 15.0 Å². The predicted octanol–water partition coefficient (Wildman–Crippen LogP) is 2.26. The molecular formula is C15H15N3O2S. The summed E-state index contributed by atoms with van der Waals surface area (Å²) in [5.41, 5.74) is 2.65. The molecule has 0 bridgehead atoms. The van der Waals surface area contributed by atoms with E-state index < -0.39 is 0 Å². The number of benzene rings is 1. The largest absolute Gasteiger partial charge is 0.395 e. The number of aliphatic hydroxyl groups excluding tert-OH is 1. The number of aromatic nitrogens is 2. The van der Waals surface area contributed by atoms with E-state index in [1.807, 2.05) is 41.1 Å². The van der Waals surface area contributed by atoms with Crippen LogP contribution in [0.2, 0.25) is 0 Å². The monoisotopic (exact) mass is 301 g/mol. The Kier molecular flexibility index (Phi) is 3.98. The summed E-state index contributed by atoms with van der Waals surface area (Å²) in [7, 11) is 0. The number of para-hydroxylation sites is 2. The molecule has 2 N–H and O–H groups in total. The maximum atomic E-state index is 12.6. The molecule has 2 aromatic heterocycles. The van der Waals surface area contributed by atoms with Crippen LogP contribution in [0.5, 0.6) is 0 Å². The molecule has 0 unspecified atom stereocenters. The highest BCUT2D eigenvalue weighted by atomic mass is 32.1. The number of carbonyl (C=O) groups is 1. The van der Waals surface area contributed by atoms with Gasteiger partial charge in [-0.15, -0.1) is 0 Å². The summed E-state index contributed by atoms with van der Waals surface area (Å²) in [4.78, 5) is 21.5. The number of fused-ring (bicyclic) bond motifs is 1. The lowest BCUT2D eigenvalue weighted by Gasteiger charge is -2.19. The van der Waals surface area contributed by atoms with Crippen LogP contribution in [0.25, 0.3) is 11.0 Å². The summed E-state index contributed by atoms with van der Waals surface area (Å²) >= 11 is 1.59. The van der Waals surface area contributed by atoms with Crippen molar-refractivity contribution in [3.63, 3.8) is 0 Å². The number of carbonyl (C=O) groups excluding carboxylic acids is 1. The normalized spacial score (nSPS) is 10.9. The van der Waals surface area contributed by atoms with Gasteiger partial charge in [-0.1, -0.05) is 12.1 Å². The molecule has 108 valence electrons. The van der Waals surface area contributed by atoms with E-state index in [1.165, 1.54) is 0 Å². The number of imidazole rings is 1. The highest BCUT2D eigenvalue weighted by Gasteiger charge is 2.19. The first-order valence-corrected chi connectivity index (χ1v) is 7.58. The van der Waals surface area contributed by atoms with Gasteiger partial charge >= 0.3 is 0 Å². The van der Waals surface area contributed by atoms with E-state index in [4.69, 9.17) is 0 Å². The third-order valence-corrected chi connectivity index (χ3v) is 3.93. The van der Waals surface area contributed by atoms with Crippen LogP contribution < -0.4 is 0 Å². The van der Waals surface area contributed by atoms with Crippen LogP contribution in [0.15, 0.2) is 41.1 Å². The minimum atomic E-state index is -0.202. The van der Waals surface area contributed by atoms with Crippen LogP contribution in [0.4, 0.5) is 0 Å². The van der Waals surface area contributed by atoms with Gasteiger partial charge in [0, 0.05) is 13.1 Å². The average Bonchev–Trinajstić information content (AvgIpc) is 3.14. The number of aromatic amines is 1. The van der Waals surface area contributed by atoms with E-state index in [1.54, 1.807) is 16.2 Å². The second-order valence-electron chi connectivity index (χ2n) is 4.68. The number of aliphatic hydroxyl groups is 1. The molecular weight excluding hydrogens is 286 g/mol. The lowest BCUT2D eigenvalue weighted by atomic mass is 10.3. The Bertz CT molecular complexity index is 703. The van der Waals surface area contributed by atoms with E-state index >= 15 is 0 Å².